The predicted octanol–water partition coefficient (Wildman–Crippen LogP) is 0.482. The van der Waals surface area contributed by atoms with Crippen LogP contribution in [0.3, 0.4) is 0 Å². The van der Waals surface area contributed by atoms with Crippen molar-refractivity contribution in [3.8, 4) is 0 Å². The van der Waals surface area contributed by atoms with Crippen LogP contribution in [0.4, 0.5) is 5.95 Å². The lowest BCUT2D eigenvalue weighted by atomic mass is 10.2. The fourth-order valence-corrected chi connectivity index (χ4v) is 1.15. The van der Waals surface area contributed by atoms with Gasteiger partial charge in [-0.3, -0.25) is 0 Å². The smallest absolute Gasteiger partial charge is 0.221 e. The predicted molar refractivity (Wildman–Crippen MR) is 37.7 cm³/mol. The molecule has 0 amide bonds. The molecule has 0 saturated carbocycles. The topological polar surface area (TPSA) is 42.7 Å². The Bertz CT molecular complexity index is 229. The van der Waals surface area contributed by atoms with Gasteiger partial charge in [0.05, 0.1) is 0 Å². The summed E-state index contributed by atoms with van der Waals surface area (Å²) in [6, 6.07) is 0.539. The third-order valence-electron chi connectivity index (χ3n) is 1.76. The minimum absolute atomic E-state index is 0.539. The Balaban J connectivity index is 2.30. The van der Waals surface area contributed by atoms with Gasteiger partial charge in [-0.25, -0.2) is 4.68 Å². The summed E-state index contributed by atoms with van der Waals surface area (Å²) in [6.07, 6.45) is 2.72. The van der Waals surface area contributed by atoms with Gasteiger partial charge in [-0.05, 0) is 13.3 Å². The Labute approximate surface area is 59.3 Å². The van der Waals surface area contributed by atoms with Crippen molar-refractivity contribution < 1.29 is 0 Å². The molecule has 0 spiro atoms. The first-order valence-corrected chi connectivity index (χ1v) is 3.50. The van der Waals surface area contributed by atoms with Crippen molar-refractivity contribution >= 4 is 5.95 Å². The number of fused-ring (bicyclic) bond motifs is 1. The molecule has 1 aliphatic heterocycles. The molecule has 0 radical (unpaired) electrons. The average molecular weight is 138 g/mol. The highest BCUT2D eigenvalue weighted by Gasteiger charge is 2.13. The monoisotopic (exact) mass is 138 g/mol. The van der Waals surface area contributed by atoms with E-state index in [1.54, 1.807) is 6.33 Å². The molecule has 2 heterocycles. The van der Waals surface area contributed by atoms with Crippen LogP contribution in [0.2, 0.25) is 0 Å². The van der Waals surface area contributed by atoms with Crippen LogP contribution >= 0.6 is 0 Å². The third-order valence-corrected chi connectivity index (χ3v) is 1.76. The van der Waals surface area contributed by atoms with Crippen molar-refractivity contribution in [3.05, 3.63) is 6.33 Å². The SMILES string of the molecule is C[C@H]1CCn2ncnc2N1. The first-order chi connectivity index (χ1) is 4.86. The zero-order chi connectivity index (χ0) is 6.97. The maximum atomic E-state index is 4.05. The van der Waals surface area contributed by atoms with E-state index < -0.39 is 0 Å². The van der Waals surface area contributed by atoms with E-state index in [0.29, 0.717) is 6.04 Å². The van der Waals surface area contributed by atoms with Crippen LogP contribution in [0.25, 0.3) is 0 Å². The Morgan fingerprint density at radius 2 is 2.70 bits per heavy atom. The molecule has 1 aromatic heterocycles. The molecule has 0 saturated heterocycles. The average Bonchev–Trinajstić information content (AvgIpc) is 2.33. The van der Waals surface area contributed by atoms with Crippen molar-refractivity contribution in [3.63, 3.8) is 0 Å². The van der Waals surface area contributed by atoms with E-state index in [9.17, 15) is 0 Å². The molecule has 54 valence electrons. The number of nitrogens with zero attached hydrogens (tertiary/aromatic N) is 3. The first-order valence-electron chi connectivity index (χ1n) is 3.50. The maximum Gasteiger partial charge on any atom is 0.221 e. The highest BCUT2D eigenvalue weighted by Crippen LogP contribution is 2.12. The van der Waals surface area contributed by atoms with E-state index in [-0.39, 0.29) is 0 Å². The van der Waals surface area contributed by atoms with Crippen molar-refractivity contribution in [2.45, 2.75) is 25.9 Å². The molecular weight excluding hydrogens is 128 g/mol. The largest absolute Gasteiger partial charge is 0.352 e. The van der Waals surface area contributed by atoms with Gasteiger partial charge in [0, 0.05) is 12.6 Å². The molecule has 0 bridgehead atoms. The maximum absolute atomic E-state index is 4.05. The number of hydrogen-bond acceptors (Lipinski definition) is 3. The van der Waals surface area contributed by atoms with Crippen LogP contribution < -0.4 is 5.32 Å². The lowest BCUT2D eigenvalue weighted by Crippen LogP contribution is -2.26. The summed E-state index contributed by atoms with van der Waals surface area (Å²) >= 11 is 0. The number of rotatable bonds is 0. The van der Waals surface area contributed by atoms with E-state index in [2.05, 4.69) is 22.3 Å². The van der Waals surface area contributed by atoms with Gasteiger partial charge in [-0.15, -0.1) is 0 Å². The summed E-state index contributed by atoms with van der Waals surface area (Å²) in [7, 11) is 0. The Hall–Kier alpha value is -1.06. The van der Waals surface area contributed by atoms with Gasteiger partial charge in [0.2, 0.25) is 5.95 Å². The molecular formula is C6H10N4. The Morgan fingerprint density at radius 1 is 1.80 bits per heavy atom. The Morgan fingerprint density at radius 3 is 3.60 bits per heavy atom. The van der Waals surface area contributed by atoms with Gasteiger partial charge >= 0.3 is 0 Å². The van der Waals surface area contributed by atoms with Crippen molar-refractivity contribution in [2.24, 2.45) is 0 Å². The third kappa shape index (κ3) is 0.761. The van der Waals surface area contributed by atoms with Crippen molar-refractivity contribution in [1.29, 1.82) is 0 Å². The molecule has 1 atom stereocenters. The highest BCUT2D eigenvalue weighted by atomic mass is 15.4. The second-order valence-corrected chi connectivity index (χ2v) is 2.64. The molecule has 1 N–H and O–H groups in total. The van der Waals surface area contributed by atoms with Crippen LogP contribution in [0, 0.1) is 0 Å². The van der Waals surface area contributed by atoms with Gasteiger partial charge in [-0.2, -0.15) is 10.1 Å². The summed E-state index contributed by atoms with van der Waals surface area (Å²) in [5, 5.41) is 7.26. The number of anilines is 1. The summed E-state index contributed by atoms with van der Waals surface area (Å²) < 4.78 is 1.89. The summed E-state index contributed by atoms with van der Waals surface area (Å²) in [5.74, 6) is 0.902. The molecule has 10 heavy (non-hydrogen) atoms. The van der Waals surface area contributed by atoms with Gasteiger partial charge in [-0.1, -0.05) is 0 Å². The highest BCUT2D eigenvalue weighted by molar-refractivity contribution is 5.26. The molecule has 1 aliphatic rings. The fourth-order valence-electron chi connectivity index (χ4n) is 1.15. The first kappa shape index (κ1) is 5.70. The van der Waals surface area contributed by atoms with E-state index in [1.165, 1.54) is 0 Å². The van der Waals surface area contributed by atoms with Gasteiger partial charge in [0.1, 0.15) is 6.33 Å². The van der Waals surface area contributed by atoms with E-state index >= 15 is 0 Å². The molecule has 2 rings (SSSR count). The lowest BCUT2D eigenvalue weighted by molar-refractivity contribution is 0.510. The van der Waals surface area contributed by atoms with Crippen molar-refractivity contribution in [2.75, 3.05) is 5.32 Å². The molecule has 1 aromatic rings. The number of aryl methyl sites for hydroxylation is 1. The molecule has 0 unspecified atom stereocenters. The number of aromatic nitrogens is 3. The van der Waals surface area contributed by atoms with Crippen LogP contribution in [0.5, 0.6) is 0 Å². The second-order valence-electron chi connectivity index (χ2n) is 2.64. The number of nitrogens with one attached hydrogen (secondary N) is 1. The quantitative estimate of drug-likeness (QED) is 0.567. The molecule has 4 nitrogen and oxygen atoms in total. The zero-order valence-corrected chi connectivity index (χ0v) is 5.91. The van der Waals surface area contributed by atoms with E-state index in [4.69, 9.17) is 0 Å². The van der Waals surface area contributed by atoms with Crippen LogP contribution in [-0.2, 0) is 6.54 Å². The lowest BCUT2D eigenvalue weighted by Gasteiger charge is -2.20. The normalized spacial score (nSPS) is 23.5. The minimum atomic E-state index is 0.539. The zero-order valence-electron chi connectivity index (χ0n) is 5.91. The minimum Gasteiger partial charge on any atom is -0.352 e. The van der Waals surface area contributed by atoms with E-state index in [1.807, 2.05) is 4.68 Å². The molecule has 0 aliphatic carbocycles. The summed E-state index contributed by atoms with van der Waals surface area (Å²) in [6.45, 7) is 3.14. The second kappa shape index (κ2) is 1.97. The van der Waals surface area contributed by atoms with Gasteiger partial charge in [0.25, 0.3) is 0 Å². The standard InChI is InChI=1S/C6H10N4/c1-5-2-3-10-6(9-5)7-4-8-10/h4-5H,2-3H2,1H3,(H,7,8,9)/t5-/m0/s1. The Kier molecular flexibility index (Phi) is 1.12. The van der Waals surface area contributed by atoms with Gasteiger partial charge < -0.3 is 5.32 Å². The van der Waals surface area contributed by atoms with Crippen LogP contribution in [-0.4, -0.2) is 20.8 Å². The summed E-state index contributed by atoms with van der Waals surface area (Å²) in [5.41, 5.74) is 0. The fraction of sp³-hybridized carbons (Fsp3) is 0.667. The molecule has 0 fully saturated rings. The van der Waals surface area contributed by atoms with Crippen LogP contribution in [0.15, 0.2) is 6.33 Å². The number of hydrogen-bond donors (Lipinski definition) is 1. The van der Waals surface area contributed by atoms with E-state index in [0.717, 1.165) is 18.9 Å². The molecule has 0 aromatic carbocycles. The van der Waals surface area contributed by atoms with Gasteiger partial charge in [0.15, 0.2) is 0 Å². The summed E-state index contributed by atoms with van der Waals surface area (Å²) in [4.78, 5) is 4.05. The van der Waals surface area contributed by atoms with Crippen molar-refractivity contribution in [1.82, 2.24) is 14.8 Å². The van der Waals surface area contributed by atoms with Crippen LogP contribution in [0.1, 0.15) is 13.3 Å². The molecule has 4 heteroatoms.